The number of hydrogen-bond acceptors (Lipinski definition) is 4. The van der Waals surface area contributed by atoms with Gasteiger partial charge in [0, 0.05) is 38.1 Å². The molecular formula is C16H30N2O3. The van der Waals surface area contributed by atoms with Gasteiger partial charge in [-0.05, 0) is 32.1 Å². The third kappa shape index (κ3) is 2.83. The van der Waals surface area contributed by atoms with Crippen molar-refractivity contribution in [3.63, 3.8) is 0 Å². The number of piperidine rings is 1. The van der Waals surface area contributed by atoms with E-state index in [0.29, 0.717) is 18.9 Å². The van der Waals surface area contributed by atoms with Crippen LogP contribution in [0.1, 0.15) is 46.5 Å². The van der Waals surface area contributed by atoms with Gasteiger partial charge in [0.05, 0.1) is 6.10 Å². The zero-order valence-electron chi connectivity index (χ0n) is 13.6. The summed E-state index contributed by atoms with van der Waals surface area (Å²) in [5.41, 5.74) is 5.33. The van der Waals surface area contributed by atoms with Gasteiger partial charge in [0.1, 0.15) is 5.54 Å². The van der Waals surface area contributed by atoms with Crippen molar-refractivity contribution in [3.05, 3.63) is 0 Å². The lowest BCUT2D eigenvalue weighted by Gasteiger charge is -2.59. The summed E-state index contributed by atoms with van der Waals surface area (Å²) < 4.78 is 5.70. The van der Waals surface area contributed by atoms with Gasteiger partial charge >= 0.3 is 0 Å². The highest BCUT2D eigenvalue weighted by atomic mass is 16.5. The molecule has 0 aromatic rings. The SMILES string of the molecule is CCOC1CC(N)(C(=O)N2CCCC(CCO)C2)C1(C)C. The van der Waals surface area contributed by atoms with Crippen LogP contribution >= 0.6 is 0 Å². The van der Waals surface area contributed by atoms with Crippen LogP contribution in [-0.2, 0) is 9.53 Å². The number of likely N-dealkylation sites (tertiary alicyclic amines) is 1. The van der Waals surface area contributed by atoms with Crippen LogP contribution in [0.2, 0.25) is 0 Å². The van der Waals surface area contributed by atoms with Gasteiger partial charge in [-0.2, -0.15) is 0 Å². The number of carbonyl (C=O) groups is 1. The van der Waals surface area contributed by atoms with E-state index in [4.69, 9.17) is 15.6 Å². The van der Waals surface area contributed by atoms with E-state index in [1.807, 2.05) is 25.7 Å². The van der Waals surface area contributed by atoms with Gasteiger partial charge in [0.25, 0.3) is 0 Å². The Morgan fingerprint density at radius 3 is 2.76 bits per heavy atom. The fourth-order valence-electron chi connectivity index (χ4n) is 3.75. The van der Waals surface area contributed by atoms with Crippen molar-refractivity contribution in [2.24, 2.45) is 17.1 Å². The molecule has 1 aliphatic carbocycles. The number of amides is 1. The van der Waals surface area contributed by atoms with Gasteiger partial charge < -0.3 is 20.5 Å². The molecule has 0 aromatic heterocycles. The van der Waals surface area contributed by atoms with E-state index in [-0.39, 0.29) is 24.0 Å². The Morgan fingerprint density at radius 2 is 2.19 bits per heavy atom. The highest BCUT2D eigenvalue weighted by Crippen LogP contribution is 2.50. The highest BCUT2D eigenvalue weighted by molar-refractivity contribution is 5.89. The molecule has 5 nitrogen and oxygen atoms in total. The zero-order valence-corrected chi connectivity index (χ0v) is 13.6. The molecule has 5 heteroatoms. The topological polar surface area (TPSA) is 75.8 Å². The Bertz CT molecular complexity index is 384. The summed E-state index contributed by atoms with van der Waals surface area (Å²) in [5, 5.41) is 9.09. The molecule has 2 fully saturated rings. The maximum atomic E-state index is 12.9. The summed E-state index contributed by atoms with van der Waals surface area (Å²) in [6.45, 7) is 8.40. The maximum absolute atomic E-state index is 12.9. The van der Waals surface area contributed by atoms with Crippen molar-refractivity contribution in [1.82, 2.24) is 4.90 Å². The van der Waals surface area contributed by atoms with Gasteiger partial charge in [0.2, 0.25) is 5.91 Å². The van der Waals surface area contributed by atoms with E-state index in [1.165, 1.54) is 0 Å². The summed E-state index contributed by atoms with van der Waals surface area (Å²) in [7, 11) is 0. The van der Waals surface area contributed by atoms with Crippen LogP contribution in [0.15, 0.2) is 0 Å². The summed E-state index contributed by atoms with van der Waals surface area (Å²) in [6, 6.07) is 0. The molecule has 3 unspecified atom stereocenters. The third-order valence-corrected chi connectivity index (χ3v) is 5.56. The minimum absolute atomic E-state index is 0.0612. The first kappa shape index (κ1) is 16.7. The molecule has 1 amide bonds. The molecular weight excluding hydrogens is 268 g/mol. The maximum Gasteiger partial charge on any atom is 0.243 e. The number of nitrogens with two attached hydrogens (primary N) is 1. The Hall–Kier alpha value is -0.650. The number of hydrogen-bond donors (Lipinski definition) is 2. The molecule has 0 aromatic carbocycles. The lowest BCUT2D eigenvalue weighted by molar-refractivity contribution is -0.180. The molecule has 0 bridgehead atoms. The Morgan fingerprint density at radius 1 is 1.48 bits per heavy atom. The van der Waals surface area contributed by atoms with E-state index in [9.17, 15) is 4.79 Å². The molecule has 1 saturated carbocycles. The molecule has 122 valence electrons. The standard InChI is InChI=1S/C16H30N2O3/c1-4-21-13-10-16(17,15(13,2)3)14(20)18-8-5-6-12(11-18)7-9-19/h12-13,19H,4-11,17H2,1-3H3. The molecule has 2 rings (SSSR count). The second-order valence-corrected chi connectivity index (χ2v) is 7.11. The van der Waals surface area contributed by atoms with Crippen molar-refractivity contribution in [1.29, 1.82) is 0 Å². The average molecular weight is 298 g/mol. The predicted molar refractivity (Wildman–Crippen MR) is 81.7 cm³/mol. The van der Waals surface area contributed by atoms with Crippen molar-refractivity contribution >= 4 is 5.91 Å². The number of rotatable bonds is 5. The fraction of sp³-hybridized carbons (Fsp3) is 0.938. The first-order valence-corrected chi connectivity index (χ1v) is 8.17. The molecule has 3 N–H and O–H groups in total. The number of aliphatic hydroxyl groups is 1. The van der Waals surface area contributed by atoms with Gasteiger partial charge in [-0.15, -0.1) is 0 Å². The van der Waals surface area contributed by atoms with Gasteiger partial charge in [-0.25, -0.2) is 0 Å². The van der Waals surface area contributed by atoms with Crippen LogP contribution in [0.3, 0.4) is 0 Å². The lowest BCUT2D eigenvalue weighted by Crippen LogP contribution is -2.76. The Balaban J connectivity index is 2.02. The number of carbonyl (C=O) groups excluding carboxylic acids is 1. The minimum atomic E-state index is -0.812. The van der Waals surface area contributed by atoms with E-state index in [2.05, 4.69) is 0 Å². The van der Waals surface area contributed by atoms with E-state index >= 15 is 0 Å². The second-order valence-electron chi connectivity index (χ2n) is 7.11. The highest BCUT2D eigenvalue weighted by Gasteiger charge is 2.63. The van der Waals surface area contributed by atoms with Crippen LogP contribution in [0.25, 0.3) is 0 Å². The van der Waals surface area contributed by atoms with Gasteiger partial charge in [-0.1, -0.05) is 13.8 Å². The average Bonchev–Trinajstić information content (AvgIpc) is 2.46. The number of aliphatic hydroxyl groups excluding tert-OH is 1. The van der Waals surface area contributed by atoms with Crippen LogP contribution in [0.5, 0.6) is 0 Å². The second kappa shape index (κ2) is 6.23. The van der Waals surface area contributed by atoms with Crippen molar-refractivity contribution in [2.75, 3.05) is 26.3 Å². The molecule has 1 saturated heterocycles. The molecule has 1 heterocycles. The molecule has 21 heavy (non-hydrogen) atoms. The smallest absolute Gasteiger partial charge is 0.243 e. The first-order valence-electron chi connectivity index (χ1n) is 8.17. The largest absolute Gasteiger partial charge is 0.396 e. The Labute approximate surface area is 127 Å². The zero-order chi connectivity index (χ0) is 15.7. The van der Waals surface area contributed by atoms with Gasteiger partial charge in [0.15, 0.2) is 0 Å². The summed E-state index contributed by atoms with van der Waals surface area (Å²) in [4.78, 5) is 14.8. The van der Waals surface area contributed by atoms with Crippen LogP contribution in [-0.4, -0.2) is 53.9 Å². The van der Waals surface area contributed by atoms with Crippen molar-refractivity contribution in [3.8, 4) is 0 Å². The third-order valence-electron chi connectivity index (χ3n) is 5.56. The fourth-order valence-corrected chi connectivity index (χ4v) is 3.75. The predicted octanol–water partition coefficient (Wildman–Crippen LogP) is 1.14. The monoisotopic (exact) mass is 298 g/mol. The van der Waals surface area contributed by atoms with Crippen LogP contribution in [0, 0.1) is 11.3 Å². The molecule has 3 atom stereocenters. The van der Waals surface area contributed by atoms with E-state index in [1.54, 1.807) is 0 Å². The van der Waals surface area contributed by atoms with Gasteiger partial charge in [-0.3, -0.25) is 4.79 Å². The molecule has 1 aliphatic heterocycles. The first-order chi connectivity index (χ1) is 9.86. The normalized spacial score (nSPS) is 35.4. The quantitative estimate of drug-likeness (QED) is 0.798. The summed E-state index contributed by atoms with van der Waals surface area (Å²) in [5.74, 6) is 0.466. The molecule has 2 aliphatic rings. The van der Waals surface area contributed by atoms with Crippen LogP contribution < -0.4 is 5.73 Å². The summed E-state index contributed by atoms with van der Waals surface area (Å²) >= 11 is 0. The minimum Gasteiger partial charge on any atom is -0.396 e. The lowest BCUT2D eigenvalue weighted by atomic mass is 9.54. The van der Waals surface area contributed by atoms with Crippen molar-refractivity contribution < 1.29 is 14.6 Å². The Kier molecular flexibility index (Phi) is 4.96. The van der Waals surface area contributed by atoms with E-state index in [0.717, 1.165) is 32.4 Å². The van der Waals surface area contributed by atoms with Crippen molar-refractivity contribution in [2.45, 2.75) is 58.1 Å². The van der Waals surface area contributed by atoms with Crippen LogP contribution in [0.4, 0.5) is 0 Å². The number of nitrogens with zero attached hydrogens (tertiary/aromatic N) is 1. The summed E-state index contributed by atoms with van der Waals surface area (Å²) in [6.07, 6.45) is 3.53. The van der Waals surface area contributed by atoms with E-state index < -0.39 is 5.54 Å². The molecule has 0 radical (unpaired) electrons. The molecule has 0 spiro atoms. The number of ether oxygens (including phenoxy) is 1.